The van der Waals surface area contributed by atoms with Crippen LogP contribution in [0.3, 0.4) is 0 Å². The average molecular weight is 464 g/mol. The predicted molar refractivity (Wildman–Crippen MR) is 123 cm³/mol. The summed E-state index contributed by atoms with van der Waals surface area (Å²) in [6.45, 7) is 2.39. The van der Waals surface area contributed by atoms with Crippen molar-refractivity contribution in [2.24, 2.45) is 5.10 Å². The molecule has 3 aromatic carbocycles. The Kier molecular flexibility index (Phi) is 7.84. The summed E-state index contributed by atoms with van der Waals surface area (Å²) in [5, 5.41) is 25.5. The van der Waals surface area contributed by atoms with Crippen molar-refractivity contribution in [1.29, 1.82) is 0 Å². The number of nitro groups is 2. The molecular formula is C23H20N4O7. The minimum absolute atomic E-state index is 0.0000240. The number of nitro benzene ring substituents is 2. The topological polar surface area (TPSA) is 146 Å². The van der Waals surface area contributed by atoms with E-state index in [-0.39, 0.29) is 23.5 Å². The zero-order valence-electron chi connectivity index (χ0n) is 18.0. The summed E-state index contributed by atoms with van der Waals surface area (Å²) in [6, 6.07) is 16.4. The summed E-state index contributed by atoms with van der Waals surface area (Å²) in [7, 11) is 0. The van der Waals surface area contributed by atoms with Crippen LogP contribution in [0.15, 0.2) is 71.8 Å². The molecule has 0 aliphatic carbocycles. The summed E-state index contributed by atoms with van der Waals surface area (Å²) in [5.41, 5.74) is 3.61. The maximum Gasteiger partial charge on any atom is 0.271 e. The van der Waals surface area contributed by atoms with Gasteiger partial charge in [0.05, 0.1) is 22.7 Å². The molecule has 1 N–H and O–H groups in total. The second kappa shape index (κ2) is 11.2. The molecule has 0 atom stereocenters. The zero-order chi connectivity index (χ0) is 24.5. The van der Waals surface area contributed by atoms with E-state index in [4.69, 9.17) is 9.47 Å². The summed E-state index contributed by atoms with van der Waals surface area (Å²) in [5.74, 6) is 0.337. The van der Waals surface area contributed by atoms with Gasteiger partial charge in [0.25, 0.3) is 17.3 Å². The fraction of sp³-hybridized carbons (Fsp3) is 0.130. The summed E-state index contributed by atoms with van der Waals surface area (Å²) < 4.78 is 11.4. The van der Waals surface area contributed by atoms with E-state index in [9.17, 15) is 25.0 Å². The van der Waals surface area contributed by atoms with Gasteiger partial charge in [-0.1, -0.05) is 6.07 Å². The summed E-state index contributed by atoms with van der Waals surface area (Å²) in [6.07, 6.45) is 1.40. The summed E-state index contributed by atoms with van der Waals surface area (Å²) >= 11 is 0. The van der Waals surface area contributed by atoms with Crippen LogP contribution in [0.5, 0.6) is 11.5 Å². The lowest BCUT2D eigenvalue weighted by molar-refractivity contribution is -0.385. The normalized spacial score (nSPS) is 10.6. The van der Waals surface area contributed by atoms with Gasteiger partial charge < -0.3 is 9.47 Å². The molecule has 0 bridgehead atoms. The second-order valence-electron chi connectivity index (χ2n) is 6.86. The number of benzene rings is 3. The third-order valence-electron chi connectivity index (χ3n) is 4.51. The second-order valence-corrected chi connectivity index (χ2v) is 6.86. The molecule has 0 aromatic heterocycles. The molecule has 0 unspecified atom stereocenters. The molecule has 11 nitrogen and oxygen atoms in total. The van der Waals surface area contributed by atoms with Gasteiger partial charge >= 0.3 is 0 Å². The monoisotopic (exact) mass is 464 g/mol. The molecule has 0 heterocycles. The van der Waals surface area contributed by atoms with E-state index in [1.165, 1.54) is 36.5 Å². The highest BCUT2D eigenvalue weighted by Gasteiger charge is 2.11. The van der Waals surface area contributed by atoms with Crippen molar-refractivity contribution >= 4 is 23.5 Å². The molecule has 0 spiro atoms. The van der Waals surface area contributed by atoms with Crippen molar-refractivity contribution < 1.29 is 24.1 Å². The lowest BCUT2D eigenvalue weighted by atomic mass is 10.2. The van der Waals surface area contributed by atoms with E-state index >= 15 is 0 Å². The Morgan fingerprint density at radius 3 is 2.35 bits per heavy atom. The first-order valence-corrected chi connectivity index (χ1v) is 10.1. The maximum atomic E-state index is 12.2. The van der Waals surface area contributed by atoms with Gasteiger partial charge in [0, 0.05) is 29.8 Å². The molecule has 3 aromatic rings. The van der Waals surface area contributed by atoms with Crippen molar-refractivity contribution in [1.82, 2.24) is 5.43 Å². The number of rotatable bonds is 10. The van der Waals surface area contributed by atoms with E-state index in [2.05, 4.69) is 10.5 Å². The Balaban J connectivity index is 1.65. The average Bonchev–Trinajstić information content (AvgIpc) is 2.84. The molecule has 0 saturated carbocycles. The van der Waals surface area contributed by atoms with Crippen LogP contribution in [-0.4, -0.2) is 28.6 Å². The van der Waals surface area contributed by atoms with Gasteiger partial charge in [-0.25, -0.2) is 5.43 Å². The van der Waals surface area contributed by atoms with Gasteiger partial charge in [0.1, 0.15) is 6.61 Å². The van der Waals surface area contributed by atoms with E-state index in [1.807, 2.05) is 6.92 Å². The number of amides is 1. The molecule has 0 aliphatic heterocycles. The number of hydrazone groups is 1. The van der Waals surface area contributed by atoms with Gasteiger partial charge in [-0.15, -0.1) is 0 Å². The molecule has 3 rings (SSSR count). The molecule has 0 saturated heterocycles. The van der Waals surface area contributed by atoms with Crippen LogP contribution in [-0.2, 0) is 6.61 Å². The highest BCUT2D eigenvalue weighted by atomic mass is 16.6. The third-order valence-corrected chi connectivity index (χ3v) is 4.51. The Hall–Kier alpha value is -4.80. The van der Waals surface area contributed by atoms with Crippen LogP contribution in [0.4, 0.5) is 11.4 Å². The predicted octanol–water partition coefficient (Wildman–Crippen LogP) is 4.24. The standard InChI is InChI=1S/C23H20N4O7/c1-2-33-22-12-17(14-24-25-23(28)18-4-3-5-20(13-18)27(31)32)8-11-21(22)34-15-16-6-9-19(10-7-16)26(29)30/h3-14H,2,15H2,1H3,(H,25,28)/b24-14-. The van der Waals surface area contributed by atoms with Crippen molar-refractivity contribution in [3.63, 3.8) is 0 Å². The molecule has 174 valence electrons. The molecule has 1 amide bonds. The van der Waals surface area contributed by atoms with Crippen molar-refractivity contribution in [2.45, 2.75) is 13.5 Å². The number of non-ortho nitro benzene ring substituents is 2. The quantitative estimate of drug-likeness (QED) is 0.268. The number of hydrogen-bond acceptors (Lipinski definition) is 8. The lowest BCUT2D eigenvalue weighted by Gasteiger charge is -2.12. The van der Waals surface area contributed by atoms with E-state index < -0.39 is 15.8 Å². The number of nitrogens with zero attached hydrogens (tertiary/aromatic N) is 3. The largest absolute Gasteiger partial charge is 0.490 e. The molecule has 0 fully saturated rings. The highest BCUT2D eigenvalue weighted by Crippen LogP contribution is 2.29. The van der Waals surface area contributed by atoms with Crippen molar-refractivity contribution in [2.75, 3.05) is 6.61 Å². The highest BCUT2D eigenvalue weighted by molar-refractivity contribution is 5.95. The Morgan fingerprint density at radius 1 is 0.941 bits per heavy atom. The first-order chi connectivity index (χ1) is 16.4. The van der Waals surface area contributed by atoms with Crippen LogP contribution in [0.1, 0.15) is 28.4 Å². The lowest BCUT2D eigenvalue weighted by Crippen LogP contribution is -2.17. The molecule has 11 heteroatoms. The molecular weight excluding hydrogens is 444 g/mol. The van der Waals surface area contributed by atoms with E-state index in [0.29, 0.717) is 23.7 Å². The van der Waals surface area contributed by atoms with E-state index in [1.54, 1.807) is 30.3 Å². The van der Waals surface area contributed by atoms with Crippen molar-refractivity contribution in [3.05, 3.63) is 104 Å². The van der Waals surface area contributed by atoms with Gasteiger partial charge in [-0.2, -0.15) is 5.10 Å². The fourth-order valence-electron chi connectivity index (χ4n) is 2.86. The Labute approximate surface area is 193 Å². The first-order valence-electron chi connectivity index (χ1n) is 10.1. The minimum Gasteiger partial charge on any atom is -0.490 e. The molecule has 0 aliphatic rings. The minimum atomic E-state index is -0.590. The van der Waals surface area contributed by atoms with Crippen LogP contribution >= 0.6 is 0 Å². The number of nitrogens with one attached hydrogen (secondary N) is 1. The first kappa shape index (κ1) is 23.9. The summed E-state index contributed by atoms with van der Waals surface area (Å²) in [4.78, 5) is 32.7. The number of carbonyl (C=O) groups excluding carboxylic acids is 1. The smallest absolute Gasteiger partial charge is 0.271 e. The van der Waals surface area contributed by atoms with Gasteiger partial charge in [-0.3, -0.25) is 25.0 Å². The number of hydrogen-bond donors (Lipinski definition) is 1. The van der Waals surface area contributed by atoms with Crippen molar-refractivity contribution in [3.8, 4) is 11.5 Å². The van der Waals surface area contributed by atoms with E-state index in [0.717, 1.165) is 11.6 Å². The van der Waals surface area contributed by atoms with Crippen LogP contribution in [0.25, 0.3) is 0 Å². The molecule has 0 radical (unpaired) electrons. The number of carbonyl (C=O) groups is 1. The number of ether oxygens (including phenoxy) is 2. The third kappa shape index (κ3) is 6.36. The Bertz CT molecular complexity index is 1230. The zero-order valence-corrected chi connectivity index (χ0v) is 18.0. The Morgan fingerprint density at radius 2 is 1.68 bits per heavy atom. The van der Waals surface area contributed by atoms with Gasteiger partial charge in [-0.05, 0) is 54.4 Å². The van der Waals surface area contributed by atoms with Crippen LogP contribution in [0.2, 0.25) is 0 Å². The van der Waals surface area contributed by atoms with Gasteiger partial charge in [0.15, 0.2) is 11.5 Å². The maximum absolute atomic E-state index is 12.2. The van der Waals surface area contributed by atoms with Crippen LogP contribution < -0.4 is 14.9 Å². The molecule has 34 heavy (non-hydrogen) atoms. The fourth-order valence-corrected chi connectivity index (χ4v) is 2.86. The van der Waals surface area contributed by atoms with Gasteiger partial charge in [0.2, 0.25) is 0 Å². The van der Waals surface area contributed by atoms with Crippen LogP contribution in [0, 0.1) is 20.2 Å². The SMILES string of the molecule is CCOc1cc(/C=N\NC(=O)c2cccc([N+](=O)[O-])c2)ccc1OCc1ccc([N+](=O)[O-])cc1.